The fourth-order valence-corrected chi connectivity index (χ4v) is 2.50. The summed E-state index contributed by atoms with van der Waals surface area (Å²) in [5, 5.41) is 7.43. The fraction of sp³-hybridized carbons (Fsp3) is 0.533. The van der Waals surface area contributed by atoms with E-state index in [2.05, 4.69) is 18.2 Å². The van der Waals surface area contributed by atoms with Crippen LogP contribution in [-0.2, 0) is 24.0 Å². The summed E-state index contributed by atoms with van der Waals surface area (Å²) in [6.45, 7) is 0. The van der Waals surface area contributed by atoms with Crippen LogP contribution in [0.2, 0.25) is 0 Å². The van der Waals surface area contributed by atoms with Crippen LogP contribution in [0.5, 0.6) is 0 Å². The Labute approximate surface area is 104 Å². The van der Waals surface area contributed by atoms with E-state index >= 15 is 0 Å². The van der Waals surface area contributed by atoms with Gasteiger partial charge in [0.05, 0.1) is 7.11 Å². The highest BCUT2D eigenvalue weighted by molar-refractivity contribution is 5.72. The van der Waals surface area contributed by atoms with Gasteiger partial charge in [-0.1, -0.05) is 18.2 Å². The first kappa shape index (κ1) is 12.2. The Bertz CT molecular complexity index is 398. The summed E-state index contributed by atoms with van der Waals surface area (Å²) in [6.07, 6.45) is 7.99. The smallest absolute Gasteiger partial charge is 0.180 e. The van der Waals surface area contributed by atoms with Gasteiger partial charge in [0.1, 0.15) is 0 Å². The Morgan fingerprint density at radius 3 is 2.76 bits per heavy atom. The molecular formula is C15H21NO. The van der Waals surface area contributed by atoms with Crippen molar-refractivity contribution >= 4 is 5.90 Å². The van der Waals surface area contributed by atoms with Crippen molar-refractivity contribution in [3.05, 3.63) is 34.9 Å². The topological polar surface area (TPSA) is 33.1 Å². The minimum absolute atomic E-state index is 0.392. The number of ether oxygens (including phenoxy) is 1. The molecule has 0 unspecified atom stereocenters. The molecule has 0 aromatic heterocycles. The van der Waals surface area contributed by atoms with Crippen LogP contribution in [0, 0.1) is 5.41 Å². The molecule has 2 heteroatoms. The minimum atomic E-state index is 0.392. The van der Waals surface area contributed by atoms with Crippen molar-refractivity contribution in [2.45, 2.75) is 44.9 Å². The van der Waals surface area contributed by atoms with Gasteiger partial charge in [0, 0.05) is 6.42 Å². The molecule has 0 bridgehead atoms. The summed E-state index contributed by atoms with van der Waals surface area (Å²) < 4.78 is 4.86. The van der Waals surface area contributed by atoms with Gasteiger partial charge in [0.15, 0.2) is 5.90 Å². The molecule has 0 saturated carbocycles. The lowest BCUT2D eigenvalue weighted by atomic mass is 9.89. The summed E-state index contributed by atoms with van der Waals surface area (Å²) in [4.78, 5) is 0. The van der Waals surface area contributed by atoms with Crippen LogP contribution in [0.1, 0.15) is 42.4 Å². The highest BCUT2D eigenvalue weighted by Crippen LogP contribution is 2.22. The molecule has 0 heterocycles. The lowest BCUT2D eigenvalue weighted by Gasteiger charge is -2.16. The Morgan fingerprint density at radius 2 is 2.00 bits per heavy atom. The largest absolute Gasteiger partial charge is 0.484 e. The van der Waals surface area contributed by atoms with Crippen molar-refractivity contribution in [2.75, 3.05) is 7.11 Å². The summed E-state index contributed by atoms with van der Waals surface area (Å²) >= 11 is 0. The van der Waals surface area contributed by atoms with E-state index in [-0.39, 0.29) is 0 Å². The van der Waals surface area contributed by atoms with Crippen LogP contribution in [0.25, 0.3) is 0 Å². The molecule has 0 spiro atoms. The lowest BCUT2D eigenvalue weighted by Crippen LogP contribution is -2.04. The van der Waals surface area contributed by atoms with E-state index in [9.17, 15) is 0 Å². The molecule has 1 aromatic rings. The molecule has 2 rings (SSSR count). The predicted octanol–water partition coefficient (Wildman–Crippen LogP) is 3.51. The van der Waals surface area contributed by atoms with Crippen molar-refractivity contribution in [1.29, 1.82) is 5.41 Å². The van der Waals surface area contributed by atoms with E-state index in [1.807, 2.05) is 0 Å². The fourth-order valence-electron chi connectivity index (χ4n) is 2.50. The zero-order valence-electron chi connectivity index (χ0n) is 10.6. The number of rotatable bonds is 4. The lowest BCUT2D eigenvalue weighted by molar-refractivity contribution is 0.384. The highest BCUT2D eigenvalue weighted by Gasteiger charge is 2.09. The minimum Gasteiger partial charge on any atom is -0.484 e. The SMILES string of the molecule is COC(=N)CCCc1ccc2c(c1)CCCC2. The number of fused-ring (bicyclic) bond motifs is 1. The molecule has 1 N–H and O–H groups in total. The molecule has 0 fully saturated rings. The zero-order chi connectivity index (χ0) is 12.1. The van der Waals surface area contributed by atoms with Gasteiger partial charge in [0.2, 0.25) is 0 Å². The van der Waals surface area contributed by atoms with E-state index in [0.717, 1.165) is 19.3 Å². The van der Waals surface area contributed by atoms with Crippen molar-refractivity contribution in [3.8, 4) is 0 Å². The molecule has 0 radical (unpaired) electrons. The summed E-state index contributed by atoms with van der Waals surface area (Å²) in [5.74, 6) is 0.392. The molecule has 0 saturated heterocycles. The average Bonchev–Trinajstić information content (AvgIpc) is 2.38. The van der Waals surface area contributed by atoms with E-state index in [1.165, 1.54) is 31.2 Å². The first-order valence-corrected chi connectivity index (χ1v) is 6.51. The number of methoxy groups -OCH3 is 1. The second kappa shape index (κ2) is 5.85. The van der Waals surface area contributed by atoms with Crippen molar-refractivity contribution in [2.24, 2.45) is 0 Å². The second-order valence-electron chi connectivity index (χ2n) is 4.79. The Kier molecular flexibility index (Phi) is 4.18. The number of nitrogens with one attached hydrogen (secondary N) is 1. The van der Waals surface area contributed by atoms with Gasteiger partial charge in [-0.3, -0.25) is 5.41 Å². The summed E-state index contributed by atoms with van der Waals surface area (Å²) in [6, 6.07) is 6.91. The number of hydrogen-bond donors (Lipinski definition) is 1. The van der Waals surface area contributed by atoms with Crippen LogP contribution >= 0.6 is 0 Å². The quantitative estimate of drug-likeness (QED) is 0.624. The molecule has 17 heavy (non-hydrogen) atoms. The van der Waals surface area contributed by atoms with E-state index in [4.69, 9.17) is 10.1 Å². The van der Waals surface area contributed by atoms with E-state index in [0.29, 0.717) is 5.90 Å². The number of hydrogen-bond acceptors (Lipinski definition) is 2. The first-order valence-electron chi connectivity index (χ1n) is 6.51. The third-order valence-electron chi connectivity index (χ3n) is 3.53. The Hall–Kier alpha value is -1.31. The number of benzene rings is 1. The van der Waals surface area contributed by atoms with Gasteiger partial charge >= 0.3 is 0 Å². The monoisotopic (exact) mass is 231 g/mol. The van der Waals surface area contributed by atoms with Gasteiger partial charge in [-0.15, -0.1) is 0 Å². The predicted molar refractivity (Wildman–Crippen MR) is 70.8 cm³/mol. The normalized spacial score (nSPS) is 14.2. The second-order valence-corrected chi connectivity index (χ2v) is 4.79. The maximum Gasteiger partial charge on any atom is 0.180 e. The molecule has 0 atom stereocenters. The third kappa shape index (κ3) is 3.32. The molecule has 1 aromatic carbocycles. The Balaban J connectivity index is 1.91. The van der Waals surface area contributed by atoms with Gasteiger partial charge < -0.3 is 4.74 Å². The van der Waals surface area contributed by atoms with Crippen LogP contribution in [0.4, 0.5) is 0 Å². The van der Waals surface area contributed by atoms with Gasteiger partial charge in [-0.05, 0) is 55.2 Å². The zero-order valence-corrected chi connectivity index (χ0v) is 10.6. The van der Waals surface area contributed by atoms with Gasteiger partial charge in [-0.25, -0.2) is 0 Å². The summed E-state index contributed by atoms with van der Waals surface area (Å²) in [5.41, 5.74) is 4.51. The van der Waals surface area contributed by atoms with Crippen molar-refractivity contribution in [1.82, 2.24) is 0 Å². The van der Waals surface area contributed by atoms with Crippen LogP contribution in [0.15, 0.2) is 18.2 Å². The third-order valence-corrected chi connectivity index (χ3v) is 3.53. The molecular weight excluding hydrogens is 210 g/mol. The standard InChI is InChI=1S/C15H21NO/c1-17-15(16)8-4-5-12-9-10-13-6-2-3-7-14(13)11-12/h9-11,16H,2-8H2,1H3. The van der Waals surface area contributed by atoms with Gasteiger partial charge in [0.25, 0.3) is 0 Å². The molecule has 1 aliphatic carbocycles. The van der Waals surface area contributed by atoms with Crippen molar-refractivity contribution in [3.63, 3.8) is 0 Å². The molecule has 0 amide bonds. The first-order chi connectivity index (χ1) is 8.29. The van der Waals surface area contributed by atoms with Crippen LogP contribution in [0.3, 0.4) is 0 Å². The molecule has 2 nitrogen and oxygen atoms in total. The maximum atomic E-state index is 7.43. The van der Waals surface area contributed by atoms with E-state index in [1.54, 1.807) is 18.2 Å². The van der Waals surface area contributed by atoms with Crippen LogP contribution < -0.4 is 0 Å². The van der Waals surface area contributed by atoms with E-state index < -0.39 is 0 Å². The number of aryl methyl sites for hydroxylation is 3. The molecule has 1 aliphatic rings. The van der Waals surface area contributed by atoms with Crippen molar-refractivity contribution < 1.29 is 4.74 Å². The molecule has 0 aliphatic heterocycles. The van der Waals surface area contributed by atoms with Gasteiger partial charge in [-0.2, -0.15) is 0 Å². The average molecular weight is 231 g/mol. The Morgan fingerprint density at radius 1 is 1.24 bits per heavy atom. The maximum absolute atomic E-state index is 7.43. The highest BCUT2D eigenvalue weighted by atomic mass is 16.5. The molecule has 92 valence electrons. The summed E-state index contributed by atoms with van der Waals surface area (Å²) in [7, 11) is 1.57. The van der Waals surface area contributed by atoms with Crippen LogP contribution in [-0.4, -0.2) is 13.0 Å².